The third-order valence-corrected chi connectivity index (χ3v) is 5.42. The second kappa shape index (κ2) is 8.64. The lowest BCUT2D eigenvalue weighted by Gasteiger charge is -2.11. The molecule has 4 aromatic rings. The normalized spacial score (nSPS) is 10.7. The molecule has 0 atom stereocenters. The predicted molar refractivity (Wildman–Crippen MR) is 125 cm³/mol. The van der Waals surface area contributed by atoms with Gasteiger partial charge in [-0.05, 0) is 36.4 Å². The first kappa shape index (κ1) is 21.3. The Hall–Kier alpha value is -3.97. The lowest BCUT2D eigenvalue weighted by atomic mass is 10.1. The third-order valence-electron chi connectivity index (χ3n) is 5.09. The van der Waals surface area contributed by atoms with E-state index in [2.05, 4.69) is 5.32 Å². The number of amides is 1. The molecule has 0 spiro atoms. The van der Waals surface area contributed by atoms with Gasteiger partial charge in [0.05, 0.1) is 36.0 Å². The van der Waals surface area contributed by atoms with Crippen molar-refractivity contribution in [3.8, 4) is 11.5 Å². The number of nitrogens with one attached hydrogen (secondary N) is 1. The van der Waals surface area contributed by atoms with E-state index in [0.29, 0.717) is 38.7 Å². The molecule has 1 heterocycles. The molecule has 0 radical (unpaired) electrons. The van der Waals surface area contributed by atoms with Gasteiger partial charge in [0.25, 0.3) is 11.8 Å². The van der Waals surface area contributed by atoms with Crippen molar-refractivity contribution in [2.45, 2.75) is 0 Å². The molecular weight excluding hydrogens is 430 g/mol. The Morgan fingerprint density at radius 1 is 0.938 bits per heavy atom. The fourth-order valence-corrected chi connectivity index (χ4v) is 3.75. The number of fused-ring (bicyclic) bond motifs is 1. The molecule has 0 unspecified atom stereocenters. The fraction of sp³-hybridized carbons (Fsp3) is 0.0833. The van der Waals surface area contributed by atoms with Crippen molar-refractivity contribution in [1.29, 1.82) is 0 Å². The molecule has 7 nitrogen and oxygen atoms in total. The minimum absolute atomic E-state index is 0.0236. The first-order chi connectivity index (χ1) is 15.5. The van der Waals surface area contributed by atoms with Crippen LogP contribution in [0.1, 0.15) is 20.7 Å². The molecule has 0 aliphatic heterocycles. The molecule has 8 heteroatoms. The van der Waals surface area contributed by atoms with Crippen LogP contribution in [0.4, 0.5) is 11.5 Å². The summed E-state index contributed by atoms with van der Waals surface area (Å²) in [5.41, 5.74) is 7.84. The van der Waals surface area contributed by atoms with Gasteiger partial charge < -0.3 is 20.5 Å². The quantitative estimate of drug-likeness (QED) is 0.454. The van der Waals surface area contributed by atoms with Crippen molar-refractivity contribution < 1.29 is 19.1 Å². The number of benzene rings is 3. The number of hydrogen-bond donors (Lipinski definition) is 2. The first-order valence-electron chi connectivity index (χ1n) is 9.67. The van der Waals surface area contributed by atoms with Gasteiger partial charge >= 0.3 is 0 Å². The van der Waals surface area contributed by atoms with E-state index in [0.717, 1.165) is 0 Å². The number of rotatable bonds is 5. The van der Waals surface area contributed by atoms with Crippen LogP contribution < -0.4 is 20.5 Å². The lowest BCUT2D eigenvalue weighted by molar-refractivity contribution is 0.0967. The van der Waals surface area contributed by atoms with E-state index in [-0.39, 0.29) is 11.4 Å². The van der Waals surface area contributed by atoms with E-state index in [1.54, 1.807) is 66.7 Å². The summed E-state index contributed by atoms with van der Waals surface area (Å²) in [6.45, 7) is 0. The Morgan fingerprint density at radius 3 is 2.34 bits per heavy atom. The summed E-state index contributed by atoms with van der Waals surface area (Å²) < 4.78 is 11.9. The zero-order valence-corrected chi connectivity index (χ0v) is 18.1. The number of nitrogens with zero attached hydrogens (tertiary/aromatic N) is 1. The van der Waals surface area contributed by atoms with E-state index >= 15 is 0 Å². The topological polar surface area (TPSA) is 95.6 Å². The standard InChI is InChI=1S/C24H20ClN3O4/c1-31-19-12-11-14(13-20(19)32-2)24(30)28-18-10-6-3-7-15(18)21(22(28)26)23(29)27-17-9-5-4-8-16(17)25/h3-13H,26H2,1-2H3,(H,27,29). The highest BCUT2D eigenvalue weighted by molar-refractivity contribution is 6.34. The zero-order chi connectivity index (χ0) is 22.8. The molecule has 0 bridgehead atoms. The highest BCUT2D eigenvalue weighted by Crippen LogP contribution is 2.33. The van der Waals surface area contributed by atoms with Crippen LogP contribution in [0.15, 0.2) is 66.7 Å². The number of para-hydroxylation sites is 2. The van der Waals surface area contributed by atoms with Gasteiger partial charge in [0.1, 0.15) is 5.82 Å². The first-order valence-corrected chi connectivity index (χ1v) is 10.1. The van der Waals surface area contributed by atoms with E-state index in [9.17, 15) is 9.59 Å². The Bertz CT molecular complexity index is 1350. The molecule has 0 saturated heterocycles. The maximum Gasteiger partial charge on any atom is 0.264 e. The molecule has 3 aromatic carbocycles. The number of anilines is 2. The number of carbonyl (C=O) groups is 2. The van der Waals surface area contributed by atoms with Crippen LogP contribution >= 0.6 is 11.6 Å². The monoisotopic (exact) mass is 449 g/mol. The van der Waals surface area contributed by atoms with Gasteiger partial charge in [0.2, 0.25) is 0 Å². The highest BCUT2D eigenvalue weighted by atomic mass is 35.5. The third kappa shape index (κ3) is 3.63. The number of nitrogen functional groups attached to an aromatic ring is 1. The van der Waals surface area contributed by atoms with Crippen molar-refractivity contribution in [2.75, 3.05) is 25.3 Å². The molecule has 4 rings (SSSR count). The Labute approximate surface area is 189 Å². The van der Waals surface area contributed by atoms with E-state index < -0.39 is 11.8 Å². The van der Waals surface area contributed by atoms with Crippen molar-refractivity contribution >= 4 is 45.8 Å². The SMILES string of the molecule is COc1ccc(C(=O)n2c(N)c(C(=O)Nc3ccccc3Cl)c3ccccc32)cc1OC. The van der Waals surface area contributed by atoms with Crippen LogP contribution in [-0.4, -0.2) is 30.6 Å². The van der Waals surface area contributed by atoms with E-state index in [1.807, 2.05) is 0 Å². The molecule has 0 fully saturated rings. The molecule has 3 N–H and O–H groups in total. The minimum atomic E-state index is -0.467. The summed E-state index contributed by atoms with van der Waals surface area (Å²) in [7, 11) is 3.00. The second-order valence-electron chi connectivity index (χ2n) is 6.92. The maximum atomic E-state index is 13.4. The predicted octanol–water partition coefficient (Wildman–Crippen LogP) is 4.83. The number of ether oxygens (including phenoxy) is 2. The smallest absolute Gasteiger partial charge is 0.264 e. The van der Waals surface area contributed by atoms with Gasteiger partial charge in [-0.25, -0.2) is 0 Å². The molecule has 0 aliphatic carbocycles. The van der Waals surface area contributed by atoms with Crippen LogP contribution in [-0.2, 0) is 0 Å². The van der Waals surface area contributed by atoms with Gasteiger partial charge in [-0.15, -0.1) is 0 Å². The highest BCUT2D eigenvalue weighted by Gasteiger charge is 2.25. The van der Waals surface area contributed by atoms with Gasteiger partial charge in [0, 0.05) is 10.9 Å². The van der Waals surface area contributed by atoms with Gasteiger partial charge in [-0.2, -0.15) is 0 Å². The van der Waals surface area contributed by atoms with Crippen LogP contribution in [0.25, 0.3) is 10.9 Å². The number of carbonyl (C=O) groups excluding carboxylic acids is 2. The van der Waals surface area contributed by atoms with Gasteiger partial charge in [-0.1, -0.05) is 41.9 Å². The minimum Gasteiger partial charge on any atom is -0.493 e. The van der Waals surface area contributed by atoms with Crippen molar-refractivity contribution in [2.24, 2.45) is 0 Å². The number of methoxy groups -OCH3 is 2. The van der Waals surface area contributed by atoms with Gasteiger partial charge in [-0.3, -0.25) is 14.2 Å². The molecule has 162 valence electrons. The van der Waals surface area contributed by atoms with E-state index in [1.165, 1.54) is 18.8 Å². The van der Waals surface area contributed by atoms with Crippen molar-refractivity contribution in [1.82, 2.24) is 4.57 Å². The summed E-state index contributed by atoms with van der Waals surface area (Å²) >= 11 is 6.18. The lowest BCUT2D eigenvalue weighted by Crippen LogP contribution is -2.18. The maximum absolute atomic E-state index is 13.4. The molecule has 0 saturated carbocycles. The molecular formula is C24H20ClN3O4. The molecule has 0 aliphatic rings. The zero-order valence-electron chi connectivity index (χ0n) is 17.4. The number of hydrogen-bond acceptors (Lipinski definition) is 5. The van der Waals surface area contributed by atoms with Crippen LogP contribution in [0.2, 0.25) is 5.02 Å². The summed E-state index contributed by atoms with van der Waals surface area (Å²) in [6.07, 6.45) is 0. The summed E-state index contributed by atoms with van der Waals surface area (Å²) in [6, 6.07) is 18.7. The summed E-state index contributed by atoms with van der Waals surface area (Å²) in [5, 5.41) is 3.71. The van der Waals surface area contributed by atoms with Gasteiger partial charge in [0.15, 0.2) is 11.5 Å². The summed E-state index contributed by atoms with van der Waals surface area (Å²) in [4.78, 5) is 26.6. The van der Waals surface area contributed by atoms with Crippen LogP contribution in [0.3, 0.4) is 0 Å². The fourth-order valence-electron chi connectivity index (χ4n) is 3.56. The van der Waals surface area contributed by atoms with Crippen molar-refractivity contribution in [3.05, 3.63) is 82.9 Å². The molecule has 1 aromatic heterocycles. The summed E-state index contributed by atoms with van der Waals surface area (Å²) in [5.74, 6) is 0.0527. The average molecular weight is 450 g/mol. The van der Waals surface area contributed by atoms with Crippen LogP contribution in [0.5, 0.6) is 11.5 Å². The van der Waals surface area contributed by atoms with Crippen molar-refractivity contribution in [3.63, 3.8) is 0 Å². The average Bonchev–Trinajstić information content (AvgIpc) is 3.11. The second-order valence-corrected chi connectivity index (χ2v) is 7.33. The molecule has 1 amide bonds. The number of aromatic nitrogens is 1. The Kier molecular flexibility index (Phi) is 5.75. The Morgan fingerprint density at radius 2 is 1.62 bits per heavy atom. The molecule has 32 heavy (non-hydrogen) atoms. The number of nitrogens with two attached hydrogens (primary N) is 1. The largest absolute Gasteiger partial charge is 0.493 e. The Balaban J connectivity index is 1.82. The van der Waals surface area contributed by atoms with Crippen LogP contribution in [0, 0.1) is 0 Å². The van der Waals surface area contributed by atoms with E-state index in [4.69, 9.17) is 26.8 Å². The number of halogens is 1.